The lowest BCUT2D eigenvalue weighted by Crippen LogP contribution is -2.55. The van der Waals surface area contributed by atoms with Crippen LogP contribution in [0.4, 0.5) is 5.69 Å². The van der Waals surface area contributed by atoms with Crippen molar-refractivity contribution >= 4 is 27.5 Å². The van der Waals surface area contributed by atoms with Crippen molar-refractivity contribution in [2.24, 2.45) is 0 Å². The standard InChI is InChI=1S/C30H37N3O4S/c1-23-14-12-13-19-27(23)33(38(36,37)26-17-10-7-11-18-26)22-28(34)32(21-20-25-15-8-6-9-16-25)24(2)29(35)31-30(3,4)5/h6-19,24H,20-22H2,1-5H3,(H,31,35)/t24-/m0/s1. The summed E-state index contributed by atoms with van der Waals surface area (Å²) in [5.74, 6) is -0.757. The molecular formula is C30H37N3O4S. The van der Waals surface area contributed by atoms with Crippen LogP contribution in [0.25, 0.3) is 0 Å². The Morgan fingerprint density at radius 2 is 1.42 bits per heavy atom. The molecule has 3 aromatic carbocycles. The van der Waals surface area contributed by atoms with Gasteiger partial charge in [0.25, 0.3) is 10.0 Å². The van der Waals surface area contributed by atoms with Gasteiger partial charge in [-0.1, -0.05) is 66.7 Å². The molecule has 0 radical (unpaired) electrons. The largest absolute Gasteiger partial charge is 0.350 e. The molecule has 38 heavy (non-hydrogen) atoms. The Balaban J connectivity index is 1.98. The molecule has 0 aliphatic rings. The van der Waals surface area contributed by atoms with Crippen LogP contribution >= 0.6 is 0 Å². The molecule has 1 atom stereocenters. The molecule has 2 amide bonds. The molecule has 0 aromatic heterocycles. The highest BCUT2D eigenvalue weighted by atomic mass is 32.2. The quantitative estimate of drug-likeness (QED) is 0.412. The minimum atomic E-state index is -4.06. The number of carbonyl (C=O) groups excluding carboxylic acids is 2. The van der Waals surface area contributed by atoms with Crippen LogP contribution in [-0.2, 0) is 26.0 Å². The summed E-state index contributed by atoms with van der Waals surface area (Å²) in [6.07, 6.45) is 0.523. The molecule has 0 bridgehead atoms. The van der Waals surface area contributed by atoms with Gasteiger partial charge in [0.2, 0.25) is 11.8 Å². The molecule has 0 spiro atoms. The van der Waals surface area contributed by atoms with Gasteiger partial charge >= 0.3 is 0 Å². The second-order valence-corrected chi connectivity index (χ2v) is 12.2. The van der Waals surface area contributed by atoms with Gasteiger partial charge in [0.1, 0.15) is 12.6 Å². The highest BCUT2D eigenvalue weighted by Crippen LogP contribution is 2.27. The maximum absolute atomic E-state index is 13.9. The average molecular weight is 536 g/mol. The van der Waals surface area contributed by atoms with E-state index in [0.717, 1.165) is 9.87 Å². The van der Waals surface area contributed by atoms with Gasteiger partial charge in [-0.05, 0) is 70.4 Å². The lowest BCUT2D eigenvalue weighted by Gasteiger charge is -2.33. The van der Waals surface area contributed by atoms with Gasteiger partial charge in [-0.25, -0.2) is 8.42 Å². The van der Waals surface area contributed by atoms with Crippen molar-refractivity contribution in [3.63, 3.8) is 0 Å². The zero-order valence-electron chi connectivity index (χ0n) is 22.7. The fourth-order valence-corrected chi connectivity index (χ4v) is 5.62. The summed E-state index contributed by atoms with van der Waals surface area (Å²) < 4.78 is 28.7. The fourth-order valence-electron chi connectivity index (χ4n) is 4.12. The van der Waals surface area contributed by atoms with E-state index in [-0.39, 0.29) is 17.3 Å². The second kappa shape index (κ2) is 12.3. The van der Waals surface area contributed by atoms with Gasteiger partial charge in [0.15, 0.2) is 0 Å². The Bertz CT molecular complexity index is 1340. The minimum absolute atomic E-state index is 0.0883. The fraction of sp³-hybridized carbons (Fsp3) is 0.333. The summed E-state index contributed by atoms with van der Waals surface area (Å²) >= 11 is 0. The molecule has 202 valence electrons. The van der Waals surface area contributed by atoms with Gasteiger partial charge < -0.3 is 10.2 Å². The van der Waals surface area contributed by atoms with Crippen molar-refractivity contribution in [1.29, 1.82) is 0 Å². The van der Waals surface area contributed by atoms with Crippen molar-refractivity contribution in [3.8, 4) is 0 Å². The zero-order valence-corrected chi connectivity index (χ0v) is 23.5. The first-order valence-corrected chi connectivity index (χ1v) is 14.1. The first kappa shape index (κ1) is 28.9. The number of rotatable bonds is 10. The van der Waals surface area contributed by atoms with Gasteiger partial charge in [-0.2, -0.15) is 0 Å². The molecule has 0 unspecified atom stereocenters. The van der Waals surface area contributed by atoms with E-state index < -0.39 is 34.1 Å². The van der Waals surface area contributed by atoms with Crippen molar-refractivity contribution in [2.45, 2.75) is 57.5 Å². The van der Waals surface area contributed by atoms with Crippen molar-refractivity contribution in [3.05, 3.63) is 96.1 Å². The summed E-state index contributed by atoms with van der Waals surface area (Å²) in [5, 5.41) is 2.94. The van der Waals surface area contributed by atoms with Crippen LogP contribution in [0.2, 0.25) is 0 Å². The molecule has 0 aliphatic carbocycles. The third-order valence-corrected chi connectivity index (χ3v) is 7.92. The molecule has 0 fully saturated rings. The van der Waals surface area contributed by atoms with Crippen molar-refractivity contribution in [1.82, 2.24) is 10.2 Å². The number of nitrogens with one attached hydrogen (secondary N) is 1. The Hall–Kier alpha value is -3.65. The summed E-state index contributed by atoms with van der Waals surface area (Å²) in [6, 6.07) is 24.0. The molecule has 3 rings (SSSR count). The van der Waals surface area contributed by atoms with Gasteiger partial charge in [-0.3, -0.25) is 13.9 Å². The third-order valence-electron chi connectivity index (χ3n) is 6.14. The van der Waals surface area contributed by atoms with Crippen molar-refractivity contribution < 1.29 is 18.0 Å². The SMILES string of the molecule is Cc1ccccc1N(CC(=O)N(CCc1ccccc1)[C@@H](C)C(=O)NC(C)(C)C)S(=O)(=O)c1ccccc1. The number of amides is 2. The van der Waals surface area contributed by atoms with Gasteiger partial charge in [0.05, 0.1) is 10.6 Å². The average Bonchev–Trinajstić information content (AvgIpc) is 2.88. The maximum atomic E-state index is 13.9. The van der Waals surface area contributed by atoms with Crippen molar-refractivity contribution in [2.75, 3.05) is 17.4 Å². The zero-order chi connectivity index (χ0) is 27.9. The van der Waals surface area contributed by atoms with E-state index in [9.17, 15) is 18.0 Å². The summed E-state index contributed by atoms with van der Waals surface area (Å²) in [7, 11) is -4.06. The van der Waals surface area contributed by atoms with Crippen LogP contribution in [0.1, 0.15) is 38.8 Å². The first-order chi connectivity index (χ1) is 17.9. The topological polar surface area (TPSA) is 86.8 Å². The Morgan fingerprint density at radius 1 is 0.868 bits per heavy atom. The number of sulfonamides is 1. The van der Waals surface area contributed by atoms with E-state index in [1.807, 2.05) is 57.2 Å². The van der Waals surface area contributed by atoms with Crippen LogP contribution in [-0.4, -0.2) is 49.8 Å². The molecule has 0 saturated carbocycles. The van der Waals surface area contributed by atoms with Crippen LogP contribution in [0.5, 0.6) is 0 Å². The molecule has 3 aromatic rings. The van der Waals surface area contributed by atoms with E-state index in [1.165, 1.54) is 17.0 Å². The predicted octanol–water partition coefficient (Wildman–Crippen LogP) is 4.56. The lowest BCUT2D eigenvalue weighted by molar-refractivity contribution is -0.139. The number of nitrogens with zero attached hydrogens (tertiary/aromatic N) is 2. The highest BCUT2D eigenvalue weighted by molar-refractivity contribution is 7.92. The summed E-state index contributed by atoms with van der Waals surface area (Å²) in [6.45, 7) is 8.92. The number of benzene rings is 3. The monoisotopic (exact) mass is 535 g/mol. The molecule has 0 heterocycles. The van der Waals surface area contributed by atoms with E-state index >= 15 is 0 Å². The highest BCUT2D eigenvalue weighted by Gasteiger charge is 2.33. The van der Waals surface area contributed by atoms with Crippen LogP contribution in [0, 0.1) is 6.92 Å². The predicted molar refractivity (Wildman–Crippen MR) is 151 cm³/mol. The number of carbonyl (C=O) groups is 2. The molecular weight excluding hydrogens is 498 g/mol. The van der Waals surface area contributed by atoms with E-state index in [1.54, 1.807) is 50.2 Å². The van der Waals surface area contributed by atoms with Gasteiger partial charge in [0, 0.05) is 12.1 Å². The normalized spacial score (nSPS) is 12.4. The maximum Gasteiger partial charge on any atom is 0.264 e. The molecule has 8 heteroatoms. The second-order valence-electron chi connectivity index (χ2n) is 10.3. The van der Waals surface area contributed by atoms with E-state index in [2.05, 4.69) is 5.32 Å². The van der Waals surface area contributed by atoms with E-state index in [0.29, 0.717) is 17.7 Å². The van der Waals surface area contributed by atoms with Crippen LogP contribution in [0.15, 0.2) is 89.8 Å². The first-order valence-electron chi connectivity index (χ1n) is 12.7. The van der Waals surface area contributed by atoms with E-state index in [4.69, 9.17) is 0 Å². The Labute approximate surface area is 226 Å². The summed E-state index contributed by atoms with van der Waals surface area (Å²) in [5.41, 5.74) is 1.67. The minimum Gasteiger partial charge on any atom is -0.350 e. The molecule has 7 nitrogen and oxygen atoms in total. The molecule has 0 saturated heterocycles. The van der Waals surface area contributed by atoms with Crippen LogP contribution < -0.4 is 9.62 Å². The number of aryl methyl sites for hydroxylation is 1. The number of anilines is 1. The van der Waals surface area contributed by atoms with Crippen LogP contribution in [0.3, 0.4) is 0 Å². The third kappa shape index (κ3) is 7.44. The number of hydrogen-bond donors (Lipinski definition) is 1. The number of para-hydroxylation sites is 1. The molecule has 0 aliphatic heterocycles. The lowest BCUT2D eigenvalue weighted by atomic mass is 10.1. The van der Waals surface area contributed by atoms with Gasteiger partial charge in [-0.15, -0.1) is 0 Å². The Kier molecular flexibility index (Phi) is 9.33. The summed E-state index contributed by atoms with van der Waals surface area (Å²) in [4.78, 5) is 28.6. The number of hydrogen-bond acceptors (Lipinski definition) is 4. The Morgan fingerprint density at radius 3 is 2.00 bits per heavy atom. The molecule has 1 N–H and O–H groups in total. The smallest absolute Gasteiger partial charge is 0.264 e.